The molecule has 3 aromatic carbocycles. The van der Waals surface area contributed by atoms with E-state index in [1.54, 1.807) is 77.5 Å². The van der Waals surface area contributed by atoms with Gasteiger partial charge in [0.25, 0.3) is 10.0 Å². The van der Waals surface area contributed by atoms with Gasteiger partial charge in [0.2, 0.25) is 5.78 Å². The maximum absolute atomic E-state index is 14.6. The van der Waals surface area contributed by atoms with Crippen molar-refractivity contribution >= 4 is 15.8 Å². The Bertz CT molecular complexity index is 2030. The van der Waals surface area contributed by atoms with Gasteiger partial charge in [-0.25, -0.2) is 12.4 Å². The molecule has 0 bridgehead atoms. The number of aliphatic hydroxyl groups is 1. The molecule has 0 aliphatic rings. The molecule has 5 aromatic rings. The fourth-order valence-electron chi connectivity index (χ4n) is 5.59. The van der Waals surface area contributed by atoms with Gasteiger partial charge in [-0.15, -0.1) is 0 Å². The number of methoxy groups -OCH3 is 2. The molecule has 264 valence electrons. The lowest BCUT2D eigenvalue weighted by atomic mass is 10.0. The van der Waals surface area contributed by atoms with Gasteiger partial charge in [-0.2, -0.15) is 0 Å². The van der Waals surface area contributed by atoms with E-state index in [1.165, 1.54) is 32.5 Å². The molecule has 0 fully saturated rings. The van der Waals surface area contributed by atoms with E-state index in [0.29, 0.717) is 41.7 Å². The van der Waals surface area contributed by atoms with Gasteiger partial charge in [-0.05, 0) is 74.4 Å². The van der Waals surface area contributed by atoms with Crippen LogP contribution in [-0.4, -0.2) is 55.3 Å². The fourth-order valence-corrected chi connectivity index (χ4v) is 6.93. The van der Waals surface area contributed by atoms with Crippen LogP contribution < -0.4 is 18.9 Å². The van der Waals surface area contributed by atoms with E-state index >= 15 is 0 Å². The Morgan fingerprint density at radius 2 is 1.42 bits per heavy atom. The van der Waals surface area contributed by atoms with Crippen molar-refractivity contribution in [1.29, 1.82) is 0 Å². The van der Waals surface area contributed by atoms with E-state index < -0.39 is 21.9 Å². The first-order valence-corrected chi connectivity index (χ1v) is 18.1. The zero-order valence-corrected chi connectivity index (χ0v) is 29.9. The molecule has 5 rings (SSSR count). The maximum Gasteiger partial charge on any atom is 0.268 e. The number of ether oxygens (including phenoxy) is 4. The molecule has 0 amide bonds. The van der Waals surface area contributed by atoms with Crippen LogP contribution in [0.25, 0.3) is 5.69 Å². The molecule has 0 aliphatic carbocycles. The molecule has 2 heterocycles. The first-order chi connectivity index (χ1) is 24.1. The number of rotatable bonds is 17. The van der Waals surface area contributed by atoms with Crippen LogP contribution in [0, 0.1) is 6.92 Å². The zero-order chi connectivity index (χ0) is 35.8. The monoisotopic (exact) mass is 700 g/mol. The van der Waals surface area contributed by atoms with Crippen molar-refractivity contribution in [2.45, 2.75) is 57.5 Å². The van der Waals surface area contributed by atoms with Crippen LogP contribution in [0.3, 0.4) is 0 Å². The van der Waals surface area contributed by atoms with Crippen molar-refractivity contribution in [2.24, 2.45) is 0 Å². The number of benzene rings is 3. The average Bonchev–Trinajstić information content (AvgIpc) is 3.80. The number of nitrogens with zero attached hydrogens (tertiary/aromatic N) is 2. The minimum Gasteiger partial charge on any atom is -0.496 e. The van der Waals surface area contributed by atoms with Crippen molar-refractivity contribution in [1.82, 2.24) is 8.54 Å². The van der Waals surface area contributed by atoms with Crippen LogP contribution in [0.15, 0.2) is 96.2 Å². The molecular formula is C39H44N2O8S. The predicted octanol–water partition coefficient (Wildman–Crippen LogP) is 7.51. The van der Waals surface area contributed by atoms with Gasteiger partial charge < -0.3 is 28.6 Å². The van der Waals surface area contributed by atoms with Crippen molar-refractivity contribution in [3.63, 3.8) is 0 Å². The molecule has 1 unspecified atom stereocenters. The lowest BCUT2D eigenvalue weighted by Crippen LogP contribution is -2.21. The van der Waals surface area contributed by atoms with Gasteiger partial charge in [0.1, 0.15) is 34.8 Å². The fraction of sp³-hybridized carbons (Fsp3) is 0.308. The number of unbranched alkanes of at least 4 members (excludes halogenated alkanes) is 2. The highest BCUT2D eigenvalue weighted by atomic mass is 32.2. The van der Waals surface area contributed by atoms with Gasteiger partial charge in [0.15, 0.2) is 0 Å². The second-order valence-electron chi connectivity index (χ2n) is 11.9. The number of carbonyl (C=O) groups excluding carboxylic acids is 1. The quantitative estimate of drug-likeness (QED) is 0.0783. The average molecular weight is 701 g/mol. The van der Waals surface area contributed by atoms with Gasteiger partial charge in [0, 0.05) is 30.1 Å². The molecule has 10 nitrogen and oxygen atoms in total. The minimum absolute atomic E-state index is 0.0182. The van der Waals surface area contributed by atoms with Crippen molar-refractivity contribution in [2.75, 3.05) is 27.4 Å². The van der Waals surface area contributed by atoms with E-state index in [2.05, 4.69) is 13.8 Å². The Hall–Kier alpha value is -5.00. The molecule has 1 N–H and O–H groups in total. The summed E-state index contributed by atoms with van der Waals surface area (Å²) in [6, 6.07) is 21.5. The number of aryl methyl sites for hydroxylation is 1. The molecule has 2 aromatic heterocycles. The number of hydrogen-bond acceptors (Lipinski definition) is 8. The number of hydrogen-bond donors (Lipinski definition) is 1. The summed E-state index contributed by atoms with van der Waals surface area (Å²) in [4.78, 5) is 14.6. The van der Waals surface area contributed by atoms with Gasteiger partial charge in [0.05, 0.1) is 49.3 Å². The summed E-state index contributed by atoms with van der Waals surface area (Å²) >= 11 is 0. The van der Waals surface area contributed by atoms with Gasteiger partial charge >= 0.3 is 0 Å². The van der Waals surface area contributed by atoms with Crippen molar-refractivity contribution in [3.05, 3.63) is 119 Å². The lowest BCUT2D eigenvalue weighted by molar-refractivity contribution is 0.103. The van der Waals surface area contributed by atoms with Crippen LogP contribution in [0.2, 0.25) is 0 Å². The minimum atomic E-state index is -4.24. The van der Waals surface area contributed by atoms with Crippen LogP contribution in [0.5, 0.6) is 23.0 Å². The standard InChI is InChI=1S/C39H44N2O8S/c1-6-8-23-48-28-14-18-31(35(25-28)46-4)38(42)34-11-10-21-40(34)33-20-22-41(50(44,45)30-16-12-27(3)13-17-30)37(33)39(43)32-19-15-29(26-36(32)47-5)49-24-9-7-2/h10-22,25-26,38,42H,6-9,23-24H2,1-5H3. The molecule has 0 aliphatic heterocycles. The topological polar surface area (TPSA) is 118 Å². The second-order valence-corrected chi connectivity index (χ2v) is 13.7. The van der Waals surface area contributed by atoms with Gasteiger partial charge in [-0.3, -0.25) is 4.79 Å². The van der Waals surface area contributed by atoms with E-state index in [1.807, 2.05) is 6.92 Å². The molecule has 1 atom stereocenters. The van der Waals surface area contributed by atoms with Crippen LogP contribution in [-0.2, 0) is 10.0 Å². The normalized spacial score (nSPS) is 12.0. The summed E-state index contributed by atoms with van der Waals surface area (Å²) in [7, 11) is -1.28. The number of aromatic nitrogens is 2. The summed E-state index contributed by atoms with van der Waals surface area (Å²) in [5.41, 5.74) is 1.99. The number of ketones is 1. The molecule has 11 heteroatoms. The smallest absolute Gasteiger partial charge is 0.268 e. The summed E-state index contributed by atoms with van der Waals surface area (Å²) in [6.07, 6.45) is 5.54. The van der Waals surface area contributed by atoms with Crippen LogP contribution in [0.1, 0.15) is 78.5 Å². The lowest BCUT2D eigenvalue weighted by Gasteiger charge is -2.20. The third kappa shape index (κ3) is 7.59. The number of aliphatic hydroxyl groups excluding tert-OH is 1. The Balaban J connectivity index is 1.63. The number of carbonyl (C=O) groups is 1. The highest BCUT2D eigenvalue weighted by Crippen LogP contribution is 2.36. The third-order valence-corrected chi connectivity index (χ3v) is 10.1. The molecular weight excluding hydrogens is 657 g/mol. The molecule has 50 heavy (non-hydrogen) atoms. The Labute approximate surface area is 293 Å². The third-order valence-electron chi connectivity index (χ3n) is 8.39. The second kappa shape index (κ2) is 16.1. The largest absolute Gasteiger partial charge is 0.496 e. The van der Waals surface area contributed by atoms with E-state index in [-0.39, 0.29) is 27.6 Å². The summed E-state index contributed by atoms with van der Waals surface area (Å²) in [5, 5.41) is 11.8. The van der Waals surface area contributed by atoms with E-state index in [9.17, 15) is 18.3 Å². The van der Waals surface area contributed by atoms with E-state index in [4.69, 9.17) is 18.9 Å². The Kier molecular flexibility index (Phi) is 11.7. The van der Waals surface area contributed by atoms with E-state index in [0.717, 1.165) is 35.2 Å². The SMILES string of the molecule is CCCCOc1ccc(C(=O)c2c(-n3cccc3C(O)c3ccc(OCCCC)cc3OC)ccn2S(=O)(=O)c2ccc(C)cc2)c(OC)c1. The molecule has 0 saturated heterocycles. The van der Waals surface area contributed by atoms with Gasteiger partial charge in [-0.1, -0.05) is 44.4 Å². The Morgan fingerprint density at radius 1 is 0.800 bits per heavy atom. The molecule has 0 spiro atoms. The highest BCUT2D eigenvalue weighted by Gasteiger charge is 2.31. The van der Waals surface area contributed by atoms with Crippen molar-refractivity contribution < 1.29 is 37.3 Å². The summed E-state index contributed by atoms with van der Waals surface area (Å²) < 4.78 is 53.9. The first-order valence-electron chi connectivity index (χ1n) is 16.7. The first kappa shape index (κ1) is 36.3. The summed E-state index contributed by atoms with van der Waals surface area (Å²) in [5.74, 6) is 1.19. The summed E-state index contributed by atoms with van der Waals surface area (Å²) in [6.45, 7) is 7.08. The highest BCUT2D eigenvalue weighted by molar-refractivity contribution is 7.90. The van der Waals surface area contributed by atoms with Crippen LogP contribution in [0.4, 0.5) is 0 Å². The predicted molar refractivity (Wildman–Crippen MR) is 192 cm³/mol. The maximum atomic E-state index is 14.6. The Morgan fingerprint density at radius 3 is 2.04 bits per heavy atom. The molecule has 0 radical (unpaired) electrons. The zero-order valence-electron chi connectivity index (χ0n) is 29.1. The van der Waals surface area contributed by atoms with Crippen molar-refractivity contribution in [3.8, 4) is 28.7 Å². The molecule has 0 saturated carbocycles. The van der Waals surface area contributed by atoms with Crippen LogP contribution >= 0.6 is 0 Å².